The molecule has 0 fully saturated rings. The maximum Gasteiger partial charge on any atom is 0.0750 e. The Hall–Kier alpha value is -0.300. The maximum absolute atomic E-state index is 9.87. The predicted octanol–water partition coefficient (Wildman–Crippen LogP) is 4.06. The molecule has 14 heavy (non-hydrogen) atoms. The number of aliphatic hydroxyl groups is 1. The van der Waals surface area contributed by atoms with Crippen molar-refractivity contribution in [1.29, 1.82) is 0 Å². The Morgan fingerprint density at radius 1 is 1.14 bits per heavy atom. The molecule has 0 aromatic rings. The second kappa shape index (κ2) is 9.26. The van der Waals surface area contributed by atoms with Crippen LogP contribution in [-0.2, 0) is 0 Å². The van der Waals surface area contributed by atoms with E-state index >= 15 is 0 Å². The maximum atomic E-state index is 9.87. The van der Waals surface area contributed by atoms with Crippen molar-refractivity contribution in [3.63, 3.8) is 0 Å². The minimum atomic E-state index is -0.184. The van der Waals surface area contributed by atoms with Gasteiger partial charge in [0.15, 0.2) is 0 Å². The highest BCUT2D eigenvalue weighted by Crippen LogP contribution is 2.15. The third-order valence-corrected chi connectivity index (χ3v) is 2.63. The zero-order chi connectivity index (χ0) is 10.8. The van der Waals surface area contributed by atoms with Crippen LogP contribution >= 0.6 is 0 Å². The van der Waals surface area contributed by atoms with Gasteiger partial charge in [-0.3, -0.25) is 0 Å². The molecule has 0 aromatic carbocycles. The van der Waals surface area contributed by atoms with E-state index in [2.05, 4.69) is 26.8 Å². The van der Waals surface area contributed by atoms with E-state index in [0.717, 1.165) is 25.7 Å². The van der Waals surface area contributed by atoms with Gasteiger partial charge in [-0.05, 0) is 24.8 Å². The summed E-state index contributed by atoms with van der Waals surface area (Å²) in [5.74, 6) is 0. The first-order chi connectivity index (χ1) is 6.76. The Bertz CT molecular complexity index is 149. The molecule has 1 nitrogen and oxygen atoms in total. The fraction of sp³-hybridized carbons (Fsp3) is 0.846. The highest BCUT2D eigenvalue weighted by Gasteiger charge is 2.07. The third kappa shape index (κ3) is 6.20. The van der Waals surface area contributed by atoms with Crippen LogP contribution in [0, 0.1) is 0 Å². The summed E-state index contributed by atoms with van der Waals surface area (Å²) >= 11 is 0. The molecule has 0 saturated heterocycles. The minimum Gasteiger partial charge on any atom is -0.389 e. The molecule has 0 bridgehead atoms. The Balaban J connectivity index is 3.69. The molecule has 0 aliphatic carbocycles. The zero-order valence-corrected chi connectivity index (χ0v) is 10.1. The van der Waals surface area contributed by atoms with Crippen LogP contribution in [-0.4, -0.2) is 11.2 Å². The van der Waals surface area contributed by atoms with Crippen molar-refractivity contribution in [1.82, 2.24) is 0 Å². The van der Waals surface area contributed by atoms with E-state index in [-0.39, 0.29) is 6.10 Å². The first-order valence-electron chi connectivity index (χ1n) is 6.13. The summed E-state index contributed by atoms with van der Waals surface area (Å²) in [6.07, 6.45) is 9.94. The second-order valence-electron chi connectivity index (χ2n) is 3.91. The van der Waals surface area contributed by atoms with Crippen molar-refractivity contribution >= 4 is 0 Å². The van der Waals surface area contributed by atoms with Crippen LogP contribution in [0.3, 0.4) is 0 Å². The fourth-order valence-electron chi connectivity index (χ4n) is 1.73. The van der Waals surface area contributed by atoms with E-state index < -0.39 is 0 Å². The molecule has 0 rings (SSSR count). The van der Waals surface area contributed by atoms with Crippen molar-refractivity contribution in [3.8, 4) is 0 Å². The van der Waals surface area contributed by atoms with E-state index in [1.54, 1.807) is 0 Å². The molecule has 0 aliphatic heterocycles. The number of unbranched alkanes of at least 4 members (excludes halogenated alkanes) is 3. The third-order valence-electron chi connectivity index (χ3n) is 2.63. The standard InChI is InChI=1S/C13H26O/c1-4-7-8-9-11-13(14)12(6-3)10-5-2/h10,13-14H,4-9,11H2,1-3H3/b12-10-. The summed E-state index contributed by atoms with van der Waals surface area (Å²) in [6, 6.07) is 0. The van der Waals surface area contributed by atoms with Crippen molar-refractivity contribution < 1.29 is 5.11 Å². The SMILES string of the molecule is CC/C=C(/CC)C(O)CCCCCC. The largest absolute Gasteiger partial charge is 0.389 e. The van der Waals surface area contributed by atoms with Crippen LogP contribution in [0.2, 0.25) is 0 Å². The Kier molecular flexibility index (Phi) is 9.06. The first-order valence-corrected chi connectivity index (χ1v) is 6.13. The van der Waals surface area contributed by atoms with E-state index in [1.807, 2.05) is 0 Å². The lowest BCUT2D eigenvalue weighted by Gasteiger charge is -2.13. The van der Waals surface area contributed by atoms with Crippen LogP contribution in [0.4, 0.5) is 0 Å². The molecular weight excluding hydrogens is 172 g/mol. The van der Waals surface area contributed by atoms with Gasteiger partial charge in [0, 0.05) is 0 Å². The molecule has 0 aromatic heterocycles. The molecule has 0 saturated carbocycles. The van der Waals surface area contributed by atoms with Gasteiger partial charge in [-0.25, -0.2) is 0 Å². The van der Waals surface area contributed by atoms with Gasteiger partial charge in [0.05, 0.1) is 6.10 Å². The molecule has 1 atom stereocenters. The van der Waals surface area contributed by atoms with Gasteiger partial charge in [-0.1, -0.05) is 52.5 Å². The summed E-state index contributed by atoms with van der Waals surface area (Å²) in [5, 5.41) is 9.87. The Morgan fingerprint density at radius 3 is 2.36 bits per heavy atom. The molecule has 1 unspecified atom stereocenters. The van der Waals surface area contributed by atoms with Gasteiger partial charge >= 0.3 is 0 Å². The average molecular weight is 198 g/mol. The summed E-state index contributed by atoms with van der Waals surface area (Å²) in [6.45, 7) is 6.46. The Morgan fingerprint density at radius 2 is 1.86 bits per heavy atom. The highest BCUT2D eigenvalue weighted by atomic mass is 16.3. The van der Waals surface area contributed by atoms with E-state index in [9.17, 15) is 5.11 Å². The summed E-state index contributed by atoms with van der Waals surface area (Å²) in [5.41, 5.74) is 1.23. The highest BCUT2D eigenvalue weighted by molar-refractivity contribution is 5.06. The summed E-state index contributed by atoms with van der Waals surface area (Å²) in [7, 11) is 0. The van der Waals surface area contributed by atoms with Crippen LogP contribution in [0.1, 0.15) is 65.7 Å². The van der Waals surface area contributed by atoms with E-state index in [1.165, 1.54) is 24.8 Å². The molecule has 0 aliphatic rings. The van der Waals surface area contributed by atoms with Crippen LogP contribution in [0.15, 0.2) is 11.6 Å². The second-order valence-corrected chi connectivity index (χ2v) is 3.91. The number of rotatable bonds is 8. The van der Waals surface area contributed by atoms with Crippen LogP contribution < -0.4 is 0 Å². The molecule has 0 radical (unpaired) electrons. The molecule has 0 amide bonds. The van der Waals surface area contributed by atoms with Crippen molar-refractivity contribution in [3.05, 3.63) is 11.6 Å². The molecule has 1 N–H and O–H groups in total. The Labute approximate surface area is 89.2 Å². The molecule has 84 valence electrons. The quantitative estimate of drug-likeness (QED) is 0.460. The number of hydrogen-bond acceptors (Lipinski definition) is 1. The van der Waals surface area contributed by atoms with Gasteiger partial charge in [0.2, 0.25) is 0 Å². The number of allylic oxidation sites excluding steroid dienone is 1. The summed E-state index contributed by atoms with van der Waals surface area (Å²) < 4.78 is 0. The van der Waals surface area contributed by atoms with Crippen LogP contribution in [0.25, 0.3) is 0 Å². The normalized spacial score (nSPS) is 14.4. The lowest BCUT2D eigenvalue weighted by Crippen LogP contribution is -2.09. The average Bonchev–Trinajstić information content (AvgIpc) is 2.20. The topological polar surface area (TPSA) is 20.2 Å². The van der Waals surface area contributed by atoms with Crippen LogP contribution in [0.5, 0.6) is 0 Å². The fourth-order valence-corrected chi connectivity index (χ4v) is 1.73. The zero-order valence-electron chi connectivity index (χ0n) is 10.1. The number of hydrogen-bond donors (Lipinski definition) is 1. The van der Waals surface area contributed by atoms with Gasteiger partial charge in [-0.15, -0.1) is 0 Å². The van der Waals surface area contributed by atoms with Crippen molar-refractivity contribution in [2.45, 2.75) is 71.8 Å². The lowest BCUT2D eigenvalue weighted by atomic mass is 10.00. The number of aliphatic hydroxyl groups excluding tert-OH is 1. The van der Waals surface area contributed by atoms with Crippen molar-refractivity contribution in [2.75, 3.05) is 0 Å². The van der Waals surface area contributed by atoms with E-state index in [0.29, 0.717) is 0 Å². The predicted molar refractivity (Wildman–Crippen MR) is 63.4 cm³/mol. The van der Waals surface area contributed by atoms with Gasteiger partial charge < -0.3 is 5.11 Å². The molecule has 1 heteroatoms. The molecule has 0 spiro atoms. The van der Waals surface area contributed by atoms with Gasteiger partial charge in [0.1, 0.15) is 0 Å². The lowest BCUT2D eigenvalue weighted by molar-refractivity contribution is 0.192. The summed E-state index contributed by atoms with van der Waals surface area (Å²) in [4.78, 5) is 0. The van der Waals surface area contributed by atoms with Gasteiger partial charge in [-0.2, -0.15) is 0 Å². The monoisotopic (exact) mass is 198 g/mol. The van der Waals surface area contributed by atoms with E-state index in [4.69, 9.17) is 0 Å². The molecular formula is C13H26O. The minimum absolute atomic E-state index is 0.184. The molecule has 0 heterocycles. The van der Waals surface area contributed by atoms with Crippen molar-refractivity contribution in [2.24, 2.45) is 0 Å². The smallest absolute Gasteiger partial charge is 0.0750 e. The van der Waals surface area contributed by atoms with Gasteiger partial charge in [0.25, 0.3) is 0 Å². The first kappa shape index (κ1) is 13.7.